The first-order chi connectivity index (χ1) is 9.51. The second-order valence-electron chi connectivity index (χ2n) is 3.82. The second-order valence-corrected chi connectivity index (χ2v) is 5.50. The lowest BCUT2D eigenvalue weighted by Crippen LogP contribution is -2.16. The number of H-pyrrole nitrogens is 1. The lowest BCUT2D eigenvalue weighted by Gasteiger charge is -2.08. The minimum Gasteiger partial charge on any atom is -0.370 e. The number of nitrogens with one attached hydrogen (secondary N) is 3. The van der Waals surface area contributed by atoms with Crippen LogP contribution in [-0.2, 0) is 10.0 Å². The van der Waals surface area contributed by atoms with E-state index < -0.39 is 15.6 Å². The highest BCUT2D eigenvalue weighted by atomic mass is 32.2. The van der Waals surface area contributed by atoms with Crippen LogP contribution < -0.4 is 15.6 Å². The lowest BCUT2D eigenvalue weighted by atomic mass is 10.4. The van der Waals surface area contributed by atoms with Gasteiger partial charge in [-0.2, -0.15) is 5.10 Å². The average Bonchev–Trinajstić information content (AvgIpc) is 2.42. The van der Waals surface area contributed by atoms with Crippen molar-refractivity contribution in [2.24, 2.45) is 0 Å². The molecular weight excluding hydrogens is 282 g/mol. The van der Waals surface area contributed by atoms with E-state index in [9.17, 15) is 13.2 Å². The van der Waals surface area contributed by atoms with Gasteiger partial charge in [-0.25, -0.2) is 18.5 Å². The van der Waals surface area contributed by atoms with Gasteiger partial charge in [0.1, 0.15) is 5.82 Å². The molecule has 3 N–H and O–H groups in total. The van der Waals surface area contributed by atoms with Gasteiger partial charge in [-0.15, -0.1) is 0 Å². The predicted molar refractivity (Wildman–Crippen MR) is 74.1 cm³/mol. The number of nitrogens with zero attached hydrogens (tertiary/aromatic N) is 2. The molecule has 20 heavy (non-hydrogen) atoms. The number of rotatable bonds is 5. The fourth-order valence-electron chi connectivity index (χ4n) is 1.45. The van der Waals surface area contributed by atoms with Gasteiger partial charge in [-0.05, 0) is 19.1 Å². The predicted octanol–water partition coefficient (Wildman–Crippen LogP) is 0.397. The molecule has 0 aliphatic rings. The van der Waals surface area contributed by atoms with Crippen LogP contribution in [0.3, 0.4) is 0 Å². The molecule has 0 radical (unpaired) electrons. The highest BCUT2D eigenvalue weighted by Crippen LogP contribution is 2.15. The maximum absolute atomic E-state index is 12.1. The van der Waals surface area contributed by atoms with E-state index in [-0.39, 0.29) is 10.7 Å². The number of hydrogen-bond acceptors (Lipinski definition) is 6. The van der Waals surface area contributed by atoms with E-state index in [1.807, 2.05) is 6.92 Å². The molecule has 2 rings (SSSR count). The zero-order valence-corrected chi connectivity index (χ0v) is 11.4. The normalized spacial score (nSPS) is 11.1. The third kappa shape index (κ3) is 3.32. The lowest BCUT2D eigenvalue weighted by molar-refractivity contribution is 0.600. The number of pyridine rings is 1. The van der Waals surface area contributed by atoms with Gasteiger partial charge < -0.3 is 5.32 Å². The molecule has 0 aliphatic heterocycles. The van der Waals surface area contributed by atoms with Gasteiger partial charge in [0.15, 0.2) is 5.82 Å². The van der Waals surface area contributed by atoms with Crippen molar-refractivity contribution in [3.63, 3.8) is 0 Å². The van der Waals surface area contributed by atoms with Crippen molar-refractivity contribution in [1.82, 2.24) is 15.2 Å². The third-order valence-corrected chi connectivity index (χ3v) is 3.67. The molecule has 8 nitrogen and oxygen atoms in total. The van der Waals surface area contributed by atoms with E-state index in [0.717, 1.165) is 0 Å². The minimum atomic E-state index is -3.78. The molecule has 0 saturated carbocycles. The molecular formula is C11H13N5O3S. The fourth-order valence-corrected chi connectivity index (χ4v) is 2.47. The summed E-state index contributed by atoms with van der Waals surface area (Å²) in [5.74, 6) is 0.496. The number of aromatic nitrogens is 3. The van der Waals surface area contributed by atoms with Gasteiger partial charge in [0.2, 0.25) is 0 Å². The minimum absolute atomic E-state index is 0.0337. The maximum Gasteiger partial charge on any atom is 0.264 e. The summed E-state index contributed by atoms with van der Waals surface area (Å²) < 4.78 is 26.6. The van der Waals surface area contributed by atoms with Crippen LogP contribution in [-0.4, -0.2) is 30.1 Å². The zero-order chi connectivity index (χ0) is 14.6. The van der Waals surface area contributed by atoms with Crippen molar-refractivity contribution >= 4 is 21.7 Å². The van der Waals surface area contributed by atoms with Gasteiger partial charge in [0, 0.05) is 24.9 Å². The van der Waals surface area contributed by atoms with Crippen LogP contribution in [0.2, 0.25) is 0 Å². The summed E-state index contributed by atoms with van der Waals surface area (Å²) in [4.78, 5) is 14.9. The van der Waals surface area contributed by atoms with Gasteiger partial charge in [-0.1, -0.05) is 0 Å². The van der Waals surface area contributed by atoms with E-state index >= 15 is 0 Å². The molecule has 0 unspecified atom stereocenters. The van der Waals surface area contributed by atoms with E-state index in [1.165, 1.54) is 30.5 Å². The van der Waals surface area contributed by atoms with Gasteiger partial charge in [0.05, 0.1) is 4.90 Å². The molecule has 0 aliphatic carbocycles. The summed E-state index contributed by atoms with van der Waals surface area (Å²) in [5.41, 5.74) is -0.411. The first-order valence-electron chi connectivity index (χ1n) is 5.80. The Morgan fingerprint density at radius 3 is 2.70 bits per heavy atom. The standard InChI is InChI=1S/C11H13N5O3S/c1-2-12-10-7-8(5-6-13-10)20(18,19)16-9-3-4-11(17)15-14-9/h3-7H,2H2,1H3,(H,12,13)(H,14,16)(H,15,17). The van der Waals surface area contributed by atoms with Crippen molar-refractivity contribution in [2.45, 2.75) is 11.8 Å². The monoisotopic (exact) mass is 295 g/mol. The molecule has 106 valence electrons. The molecule has 9 heteroatoms. The number of aromatic amines is 1. The fraction of sp³-hybridized carbons (Fsp3) is 0.182. The van der Waals surface area contributed by atoms with E-state index in [4.69, 9.17) is 0 Å². The molecule has 0 fully saturated rings. The summed E-state index contributed by atoms with van der Waals surface area (Å²) in [5, 5.41) is 8.66. The average molecular weight is 295 g/mol. The Morgan fingerprint density at radius 2 is 2.05 bits per heavy atom. The Bertz CT molecular complexity index is 736. The first kappa shape index (κ1) is 14.0. The Hall–Kier alpha value is -2.42. The summed E-state index contributed by atoms with van der Waals surface area (Å²) in [6.07, 6.45) is 1.40. The van der Waals surface area contributed by atoms with Crippen LogP contribution in [0.1, 0.15) is 6.92 Å². The molecule has 2 heterocycles. The zero-order valence-electron chi connectivity index (χ0n) is 10.6. The largest absolute Gasteiger partial charge is 0.370 e. The smallest absolute Gasteiger partial charge is 0.264 e. The molecule has 0 bridgehead atoms. The second kappa shape index (κ2) is 5.70. The number of hydrogen-bond donors (Lipinski definition) is 3. The quantitative estimate of drug-likeness (QED) is 0.735. The highest BCUT2D eigenvalue weighted by Gasteiger charge is 2.15. The SMILES string of the molecule is CCNc1cc(S(=O)(=O)Nc2ccc(=O)[nH]n2)ccn1. The summed E-state index contributed by atoms with van der Waals surface area (Å²) in [6.45, 7) is 2.51. The van der Waals surface area contributed by atoms with Gasteiger partial charge in [-0.3, -0.25) is 9.52 Å². The first-order valence-corrected chi connectivity index (χ1v) is 7.28. The summed E-state index contributed by atoms with van der Waals surface area (Å²) in [6, 6.07) is 5.25. The molecule has 0 amide bonds. The van der Waals surface area contributed by atoms with Crippen LogP contribution in [0.15, 0.2) is 40.2 Å². The van der Waals surface area contributed by atoms with Crippen LogP contribution >= 0.6 is 0 Å². The van der Waals surface area contributed by atoms with Crippen molar-refractivity contribution in [2.75, 3.05) is 16.6 Å². The molecule has 0 saturated heterocycles. The molecule has 0 atom stereocenters. The van der Waals surface area contributed by atoms with Crippen molar-refractivity contribution in [3.8, 4) is 0 Å². The van der Waals surface area contributed by atoms with Crippen LogP contribution in [0.25, 0.3) is 0 Å². The van der Waals surface area contributed by atoms with Crippen LogP contribution in [0.4, 0.5) is 11.6 Å². The number of sulfonamides is 1. The Kier molecular flexibility index (Phi) is 3.99. The van der Waals surface area contributed by atoms with E-state index in [0.29, 0.717) is 12.4 Å². The number of anilines is 2. The van der Waals surface area contributed by atoms with Crippen LogP contribution in [0.5, 0.6) is 0 Å². The molecule has 0 aromatic carbocycles. The molecule has 2 aromatic rings. The Morgan fingerprint density at radius 1 is 1.25 bits per heavy atom. The Balaban J connectivity index is 2.28. The van der Waals surface area contributed by atoms with E-state index in [1.54, 1.807) is 0 Å². The van der Waals surface area contributed by atoms with Crippen molar-refractivity contribution in [3.05, 3.63) is 40.8 Å². The molecule has 2 aromatic heterocycles. The molecule has 0 spiro atoms. The highest BCUT2D eigenvalue weighted by molar-refractivity contribution is 7.92. The summed E-state index contributed by atoms with van der Waals surface area (Å²) >= 11 is 0. The van der Waals surface area contributed by atoms with Crippen molar-refractivity contribution in [1.29, 1.82) is 0 Å². The third-order valence-electron chi connectivity index (χ3n) is 2.32. The van der Waals surface area contributed by atoms with Crippen molar-refractivity contribution < 1.29 is 8.42 Å². The topological polar surface area (TPSA) is 117 Å². The van der Waals surface area contributed by atoms with Gasteiger partial charge >= 0.3 is 0 Å². The van der Waals surface area contributed by atoms with Crippen LogP contribution in [0, 0.1) is 0 Å². The maximum atomic E-state index is 12.1. The Labute approximate surface area is 115 Å². The van der Waals surface area contributed by atoms with E-state index in [2.05, 4.69) is 25.2 Å². The summed E-state index contributed by atoms with van der Waals surface area (Å²) in [7, 11) is -3.78. The van der Waals surface area contributed by atoms with Gasteiger partial charge in [0.25, 0.3) is 15.6 Å².